The fourth-order valence-electron chi connectivity index (χ4n) is 3.08. The van der Waals surface area contributed by atoms with Crippen LogP contribution in [-0.4, -0.2) is 24.0 Å². The summed E-state index contributed by atoms with van der Waals surface area (Å²) < 4.78 is 5.36. The molecule has 0 saturated carbocycles. The lowest BCUT2D eigenvalue weighted by Crippen LogP contribution is -2.38. The van der Waals surface area contributed by atoms with Gasteiger partial charge >= 0.3 is 5.97 Å². The van der Waals surface area contributed by atoms with Crippen molar-refractivity contribution in [3.8, 4) is 0 Å². The Morgan fingerprint density at radius 3 is 2.95 bits per heavy atom. The SMILES string of the molecule is CCOC(=O)C(c1ccccc1C)N1CCc2sccc2C1. The number of hydrogen-bond donors (Lipinski definition) is 0. The minimum atomic E-state index is -0.311. The predicted molar refractivity (Wildman–Crippen MR) is 89.0 cm³/mol. The number of ether oxygens (including phenoxy) is 1. The standard InChI is InChI=1S/C18H21NO2S/c1-3-21-18(20)17(15-7-5-4-6-13(15)2)19-10-8-16-14(12-19)9-11-22-16/h4-7,9,11,17H,3,8,10,12H2,1-2H3. The van der Waals surface area contributed by atoms with E-state index in [-0.39, 0.29) is 12.0 Å². The van der Waals surface area contributed by atoms with Crippen LogP contribution in [0.2, 0.25) is 0 Å². The van der Waals surface area contributed by atoms with E-state index >= 15 is 0 Å². The summed E-state index contributed by atoms with van der Waals surface area (Å²) in [7, 11) is 0. The number of benzene rings is 1. The highest BCUT2D eigenvalue weighted by atomic mass is 32.1. The molecule has 1 unspecified atom stereocenters. The Morgan fingerprint density at radius 2 is 2.18 bits per heavy atom. The third-order valence-corrected chi connectivity index (χ3v) is 5.22. The van der Waals surface area contributed by atoms with Gasteiger partial charge in [0.05, 0.1) is 6.61 Å². The van der Waals surface area contributed by atoms with Crippen LogP contribution in [0.25, 0.3) is 0 Å². The molecule has 0 amide bonds. The molecule has 0 fully saturated rings. The molecule has 1 aromatic carbocycles. The summed E-state index contributed by atoms with van der Waals surface area (Å²) in [5, 5.41) is 2.14. The Balaban J connectivity index is 1.93. The van der Waals surface area contributed by atoms with Crippen molar-refractivity contribution in [2.24, 2.45) is 0 Å². The average Bonchev–Trinajstić information content (AvgIpc) is 2.97. The summed E-state index contributed by atoms with van der Waals surface area (Å²) in [6.07, 6.45) is 1.01. The fraction of sp³-hybridized carbons (Fsp3) is 0.389. The Hall–Kier alpha value is -1.65. The minimum absolute atomic E-state index is 0.143. The first kappa shape index (κ1) is 15.3. The molecule has 2 heterocycles. The highest BCUT2D eigenvalue weighted by molar-refractivity contribution is 7.10. The van der Waals surface area contributed by atoms with Crippen molar-refractivity contribution in [1.29, 1.82) is 0 Å². The smallest absolute Gasteiger partial charge is 0.328 e. The molecule has 0 spiro atoms. The average molecular weight is 315 g/mol. The molecule has 22 heavy (non-hydrogen) atoms. The monoisotopic (exact) mass is 315 g/mol. The minimum Gasteiger partial charge on any atom is -0.465 e. The van der Waals surface area contributed by atoms with Gasteiger partial charge in [-0.1, -0.05) is 24.3 Å². The van der Waals surface area contributed by atoms with E-state index in [0.717, 1.165) is 30.6 Å². The van der Waals surface area contributed by atoms with Gasteiger partial charge < -0.3 is 4.74 Å². The van der Waals surface area contributed by atoms with Crippen LogP contribution < -0.4 is 0 Å². The predicted octanol–water partition coefficient (Wildman–Crippen LogP) is 3.72. The van der Waals surface area contributed by atoms with Crippen LogP contribution in [0.15, 0.2) is 35.7 Å². The molecule has 3 rings (SSSR count). The van der Waals surface area contributed by atoms with Crippen molar-refractivity contribution in [3.05, 3.63) is 57.3 Å². The molecule has 0 N–H and O–H groups in total. The third kappa shape index (κ3) is 2.94. The first-order valence-electron chi connectivity index (χ1n) is 7.72. The Morgan fingerprint density at radius 1 is 1.36 bits per heavy atom. The van der Waals surface area contributed by atoms with E-state index in [1.165, 1.54) is 10.4 Å². The third-order valence-electron chi connectivity index (χ3n) is 4.20. The van der Waals surface area contributed by atoms with Crippen LogP contribution >= 0.6 is 11.3 Å². The number of aryl methyl sites for hydroxylation is 1. The lowest BCUT2D eigenvalue weighted by Gasteiger charge is -2.34. The molecule has 1 aliphatic heterocycles. The van der Waals surface area contributed by atoms with Gasteiger partial charge in [0.2, 0.25) is 0 Å². The van der Waals surface area contributed by atoms with Crippen LogP contribution in [0, 0.1) is 6.92 Å². The van der Waals surface area contributed by atoms with Gasteiger partial charge in [-0.3, -0.25) is 4.90 Å². The number of esters is 1. The number of carbonyl (C=O) groups excluding carboxylic acids is 1. The molecule has 0 radical (unpaired) electrons. The molecule has 0 bridgehead atoms. The van der Waals surface area contributed by atoms with Gasteiger partial charge in [-0.2, -0.15) is 0 Å². The van der Waals surface area contributed by atoms with Crippen molar-refractivity contribution in [2.45, 2.75) is 32.9 Å². The number of nitrogens with zero attached hydrogens (tertiary/aromatic N) is 1. The lowest BCUT2D eigenvalue weighted by molar-refractivity contribution is -0.150. The zero-order valence-electron chi connectivity index (χ0n) is 13.0. The molecule has 1 aromatic heterocycles. The Kier molecular flexibility index (Phi) is 4.60. The summed E-state index contributed by atoms with van der Waals surface area (Å²) in [4.78, 5) is 16.3. The van der Waals surface area contributed by atoms with E-state index in [1.807, 2.05) is 36.5 Å². The Labute approximate surface area is 135 Å². The first-order valence-corrected chi connectivity index (χ1v) is 8.60. The largest absolute Gasteiger partial charge is 0.465 e. The van der Waals surface area contributed by atoms with Crippen LogP contribution in [0.5, 0.6) is 0 Å². The normalized spacial score (nSPS) is 16.1. The topological polar surface area (TPSA) is 29.5 Å². The maximum absolute atomic E-state index is 12.6. The number of thiophene rings is 1. The van der Waals surface area contributed by atoms with Gasteiger partial charge in [0.1, 0.15) is 6.04 Å². The second-order valence-corrected chi connectivity index (χ2v) is 6.60. The van der Waals surface area contributed by atoms with Crippen molar-refractivity contribution >= 4 is 17.3 Å². The summed E-state index contributed by atoms with van der Waals surface area (Å²) in [5.41, 5.74) is 3.54. The van der Waals surface area contributed by atoms with Crippen molar-refractivity contribution in [1.82, 2.24) is 4.90 Å². The van der Waals surface area contributed by atoms with Gasteiger partial charge in [0.15, 0.2) is 0 Å². The van der Waals surface area contributed by atoms with Crippen molar-refractivity contribution in [3.63, 3.8) is 0 Å². The highest BCUT2D eigenvalue weighted by Gasteiger charge is 2.32. The molecular weight excluding hydrogens is 294 g/mol. The molecule has 1 aliphatic rings. The number of hydrogen-bond acceptors (Lipinski definition) is 4. The number of rotatable bonds is 4. The van der Waals surface area contributed by atoms with Crippen LogP contribution in [0.3, 0.4) is 0 Å². The molecular formula is C18H21NO2S. The summed E-state index contributed by atoms with van der Waals surface area (Å²) in [6.45, 7) is 6.04. The second kappa shape index (κ2) is 6.63. The second-order valence-electron chi connectivity index (χ2n) is 5.60. The highest BCUT2D eigenvalue weighted by Crippen LogP contribution is 2.32. The van der Waals surface area contributed by atoms with Crippen LogP contribution in [0.1, 0.15) is 34.5 Å². The van der Waals surface area contributed by atoms with Gasteiger partial charge in [-0.15, -0.1) is 11.3 Å². The van der Waals surface area contributed by atoms with E-state index < -0.39 is 0 Å². The lowest BCUT2D eigenvalue weighted by atomic mass is 9.97. The van der Waals surface area contributed by atoms with Gasteiger partial charge in [0.25, 0.3) is 0 Å². The van der Waals surface area contributed by atoms with E-state index in [1.54, 1.807) is 0 Å². The zero-order valence-corrected chi connectivity index (χ0v) is 13.9. The summed E-state index contributed by atoms with van der Waals surface area (Å²) >= 11 is 1.81. The molecule has 0 aliphatic carbocycles. The van der Waals surface area contributed by atoms with Gasteiger partial charge in [-0.05, 0) is 48.4 Å². The molecule has 0 saturated heterocycles. The van der Waals surface area contributed by atoms with E-state index in [2.05, 4.69) is 29.3 Å². The van der Waals surface area contributed by atoms with E-state index in [4.69, 9.17) is 4.74 Å². The quantitative estimate of drug-likeness (QED) is 0.805. The Bertz CT molecular complexity index is 665. The molecule has 4 heteroatoms. The maximum atomic E-state index is 12.6. The first-order chi connectivity index (χ1) is 10.7. The molecule has 2 aromatic rings. The van der Waals surface area contributed by atoms with Crippen molar-refractivity contribution in [2.75, 3.05) is 13.2 Å². The van der Waals surface area contributed by atoms with E-state index in [0.29, 0.717) is 6.61 Å². The van der Waals surface area contributed by atoms with E-state index in [9.17, 15) is 4.79 Å². The molecule has 116 valence electrons. The molecule has 1 atom stereocenters. The maximum Gasteiger partial charge on any atom is 0.328 e. The van der Waals surface area contributed by atoms with Crippen LogP contribution in [0.4, 0.5) is 0 Å². The van der Waals surface area contributed by atoms with Gasteiger partial charge in [0, 0.05) is 18.0 Å². The van der Waals surface area contributed by atoms with Crippen molar-refractivity contribution < 1.29 is 9.53 Å². The zero-order chi connectivity index (χ0) is 15.5. The molecule has 3 nitrogen and oxygen atoms in total. The summed E-state index contributed by atoms with van der Waals surface area (Å²) in [6, 6.07) is 9.96. The number of carbonyl (C=O) groups is 1. The summed E-state index contributed by atoms with van der Waals surface area (Å²) in [5.74, 6) is -0.143. The number of fused-ring (bicyclic) bond motifs is 1. The van der Waals surface area contributed by atoms with Gasteiger partial charge in [-0.25, -0.2) is 4.79 Å². The van der Waals surface area contributed by atoms with Crippen LogP contribution in [-0.2, 0) is 22.5 Å². The fourth-order valence-corrected chi connectivity index (χ4v) is 3.97.